The van der Waals surface area contributed by atoms with Crippen molar-refractivity contribution >= 4 is 33.3 Å². The molecular weight excluding hydrogens is 368 g/mol. The third-order valence-electron chi connectivity index (χ3n) is 4.07. The summed E-state index contributed by atoms with van der Waals surface area (Å²) in [5.74, 6) is -0.0811. The number of Topliss-reactive ketones (excluding diaryl/α,β-unsaturated/α-hetero) is 1. The Morgan fingerprint density at radius 1 is 1.17 bits per heavy atom. The Balaban J connectivity index is 1.99. The molecule has 0 radical (unpaired) electrons. The molecule has 0 saturated carbocycles. The van der Waals surface area contributed by atoms with Crippen LogP contribution in [0.25, 0.3) is 0 Å². The predicted octanol–water partition coefficient (Wildman–Crippen LogP) is 2.69. The van der Waals surface area contributed by atoms with E-state index >= 15 is 0 Å². The summed E-state index contributed by atoms with van der Waals surface area (Å²) >= 11 is 3.42. The van der Waals surface area contributed by atoms with Crippen LogP contribution in [0.15, 0.2) is 53.0 Å². The predicted molar refractivity (Wildman–Crippen MR) is 99.3 cm³/mol. The molecule has 5 heteroatoms. The van der Waals surface area contributed by atoms with E-state index in [1.807, 2.05) is 26.1 Å². The summed E-state index contributed by atoms with van der Waals surface area (Å²) in [5, 5.41) is 2.89. The summed E-state index contributed by atoms with van der Waals surface area (Å²) in [4.78, 5) is 25.0. The van der Waals surface area contributed by atoms with Crippen LogP contribution in [0.2, 0.25) is 0 Å². The largest absolute Gasteiger partial charge is 0.324 e. The minimum absolute atomic E-state index is 0.0165. The number of rotatable bonds is 6. The van der Waals surface area contributed by atoms with E-state index in [9.17, 15) is 9.59 Å². The lowest BCUT2D eigenvalue weighted by Gasteiger charge is -2.21. The fourth-order valence-corrected chi connectivity index (χ4v) is 2.63. The van der Waals surface area contributed by atoms with Gasteiger partial charge in [0.2, 0.25) is 0 Å². The van der Waals surface area contributed by atoms with Crippen molar-refractivity contribution in [1.82, 2.24) is 0 Å². The molecule has 2 atom stereocenters. The van der Waals surface area contributed by atoms with E-state index in [0.29, 0.717) is 11.3 Å². The van der Waals surface area contributed by atoms with Crippen molar-refractivity contribution in [1.29, 1.82) is 0 Å². The highest BCUT2D eigenvalue weighted by Crippen LogP contribution is 2.12. The van der Waals surface area contributed by atoms with Crippen molar-refractivity contribution in [2.45, 2.75) is 26.4 Å². The quantitative estimate of drug-likeness (QED) is 0.746. The average molecular weight is 390 g/mol. The number of likely N-dealkylation sites (N-methyl/N-ethyl adjacent to an activating group) is 1. The van der Waals surface area contributed by atoms with Gasteiger partial charge in [-0.15, -0.1) is 0 Å². The van der Waals surface area contributed by atoms with E-state index < -0.39 is 0 Å². The van der Waals surface area contributed by atoms with E-state index in [2.05, 4.69) is 33.4 Å². The summed E-state index contributed by atoms with van der Waals surface area (Å²) in [6.07, 6.45) is 0. The van der Waals surface area contributed by atoms with Crippen LogP contribution in [0.1, 0.15) is 29.8 Å². The first-order valence-corrected chi connectivity index (χ1v) is 8.64. The van der Waals surface area contributed by atoms with Gasteiger partial charge in [-0.3, -0.25) is 9.59 Å². The molecule has 0 aliphatic heterocycles. The lowest BCUT2D eigenvalue weighted by Crippen LogP contribution is -3.12. The van der Waals surface area contributed by atoms with E-state index in [-0.39, 0.29) is 17.7 Å². The van der Waals surface area contributed by atoms with Crippen LogP contribution in [-0.2, 0) is 11.3 Å². The van der Waals surface area contributed by atoms with Crippen LogP contribution in [0.4, 0.5) is 5.69 Å². The van der Waals surface area contributed by atoms with Crippen LogP contribution >= 0.6 is 15.9 Å². The van der Waals surface area contributed by atoms with Gasteiger partial charge >= 0.3 is 0 Å². The van der Waals surface area contributed by atoms with E-state index in [4.69, 9.17) is 0 Å². The number of carbonyl (C=O) groups excluding carboxylic acids is 2. The topological polar surface area (TPSA) is 50.6 Å². The summed E-state index contributed by atoms with van der Waals surface area (Å²) in [7, 11) is 2.00. The highest BCUT2D eigenvalue weighted by molar-refractivity contribution is 9.10. The molecule has 4 nitrogen and oxygen atoms in total. The Labute approximate surface area is 151 Å². The minimum atomic E-state index is -0.213. The van der Waals surface area contributed by atoms with Gasteiger partial charge in [-0.1, -0.05) is 40.2 Å². The third kappa shape index (κ3) is 5.01. The van der Waals surface area contributed by atoms with E-state index in [1.54, 1.807) is 24.3 Å². The van der Waals surface area contributed by atoms with E-state index in [0.717, 1.165) is 15.9 Å². The van der Waals surface area contributed by atoms with Crippen molar-refractivity contribution < 1.29 is 14.5 Å². The molecule has 0 heterocycles. The zero-order valence-electron chi connectivity index (χ0n) is 14.1. The second-order valence-electron chi connectivity index (χ2n) is 6.00. The Hall–Kier alpha value is -1.98. The Morgan fingerprint density at radius 3 is 2.46 bits per heavy atom. The molecule has 0 saturated heterocycles. The fourth-order valence-electron chi connectivity index (χ4n) is 2.37. The fraction of sp³-hybridized carbons (Fsp3) is 0.263. The maximum atomic E-state index is 12.5. The Bertz CT molecular complexity index is 728. The summed E-state index contributed by atoms with van der Waals surface area (Å²) < 4.78 is 1.04. The zero-order valence-corrected chi connectivity index (χ0v) is 15.7. The number of hydrogen-bond donors (Lipinski definition) is 2. The highest BCUT2D eigenvalue weighted by Gasteiger charge is 2.22. The van der Waals surface area contributed by atoms with Gasteiger partial charge in [-0.2, -0.15) is 0 Å². The molecule has 2 aromatic rings. The molecule has 0 aromatic heterocycles. The summed E-state index contributed by atoms with van der Waals surface area (Å²) in [6.45, 7) is 4.17. The molecule has 1 unspecified atom stereocenters. The molecule has 1 amide bonds. The minimum Gasteiger partial charge on any atom is -0.324 e. The van der Waals surface area contributed by atoms with Gasteiger partial charge in [0.25, 0.3) is 5.91 Å². The Kier molecular flexibility index (Phi) is 6.29. The first-order valence-electron chi connectivity index (χ1n) is 7.85. The van der Waals surface area contributed by atoms with Gasteiger partial charge in [0.05, 0.1) is 7.05 Å². The number of halogens is 1. The highest BCUT2D eigenvalue weighted by atomic mass is 79.9. The number of ketones is 1. The van der Waals surface area contributed by atoms with Crippen molar-refractivity contribution in [3.05, 3.63) is 64.1 Å². The first-order chi connectivity index (χ1) is 11.4. The standard InChI is InChI=1S/C19H21BrN2O2/c1-13(22(3)12-15-7-9-17(20)10-8-15)19(24)21-18-6-4-5-16(11-18)14(2)23/h4-11,13H,12H2,1-3H3,(H,21,24)/p+1/t13-/m0/s1. The lowest BCUT2D eigenvalue weighted by atomic mass is 10.1. The second-order valence-corrected chi connectivity index (χ2v) is 6.91. The number of benzene rings is 2. The molecule has 0 aliphatic rings. The lowest BCUT2D eigenvalue weighted by molar-refractivity contribution is -0.907. The van der Waals surface area contributed by atoms with Gasteiger partial charge < -0.3 is 10.2 Å². The van der Waals surface area contributed by atoms with Gasteiger partial charge in [-0.05, 0) is 38.1 Å². The van der Waals surface area contributed by atoms with Gasteiger partial charge in [0.1, 0.15) is 6.54 Å². The van der Waals surface area contributed by atoms with Crippen LogP contribution in [-0.4, -0.2) is 24.8 Å². The van der Waals surface area contributed by atoms with Crippen molar-refractivity contribution in [2.75, 3.05) is 12.4 Å². The van der Waals surface area contributed by atoms with Crippen LogP contribution in [0.5, 0.6) is 0 Å². The van der Waals surface area contributed by atoms with Gasteiger partial charge in [0.15, 0.2) is 11.8 Å². The summed E-state index contributed by atoms with van der Waals surface area (Å²) in [5.41, 5.74) is 2.42. The molecule has 126 valence electrons. The smallest absolute Gasteiger partial charge is 0.282 e. The van der Waals surface area contributed by atoms with Crippen LogP contribution in [0, 0.1) is 0 Å². The average Bonchev–Trinajstić information content (AvgIpc) is 2.56. The molecule has 0 aliphatic carbocycles. The normalized spacial score (nSPS) is 13.2. The second kappa shape index (κ2) is 8.22. The van der Waals surface area contributed by atoms with Crippen molar-refractivity contribution in [3.63, 3.8) is 0 Å². The molecule has 0 spiro atoms. The number of hydrogen-bond acceptors (Lipinski definition) is 2. The number of quaternary nitrogens is 1. The number of carbonyl (C=O) groups is 2. The molecule has 2 aromatic carbocycles. The molecule has 0 bridgehead atoms. The van der Waals surface area contributed by atoms with E-state index in [1.165, 1.54) is 12.5 Å². The summed E-state index contributed by atoms with van der Waals surface area (Å²) in [6, 6.07) is 14.9. The maximum Gasteiger partial charge on any atom is 0.282 e. The molecular formula is C19H22BrN2O2+. The SMILES string of the molecule is CC(=O)c1cccc(NC(=O)[C@H](C)[NH+](C)Cc2ccc(Br)cc2)c1. The third-order valence-corrected chi connectivity index (χ3v) is 4.59. The number of amides is 1. The van der Waals surface area contributed by atoms with Crippen molar-refractivity contribution in [3.8, 4) is 0 Å². The van der Waals surface area contributed by atoms with Gasteiger partial charge in [0, 0.05) is 21.3 Å². The molecule has 2 N–H and O–H groups in total. The van der Waals surface area contributed by atoms with Gasteiger partial charge in [-0.25, -0.2) is 0 Å². The molecule has 0 fully saturated rings. The van der Waals surface area contributed by atoms with Crippen LogP contribution in [0.3, 0.4) is 0 Å². The first kappa shape index (κ1) is 18.4. The Morgan fingerprint density at radius 2 is 1.83 bits per heavy atom. The van der Waals surface area contributed by atoms with Crippen LogP contribution < -0.4 is 10.2 Å². The maximum absolute atomic E-state index is 12.5. The zero-order chi connectivity index (χ0) is 17.7. The molecule has 2 rings (SSSR count). The monoisotopic (exact) mass is 389 g/mol. The molecule has 24 heavy (non-hydrogen) atoms. The van der Waals surface area contributed by atoms with Crippen molar-refractivity contribution in [2.24, 2.45) is 0 Å². The number of anilines is 1. The number of nitrogens with one attached hydrogen (secondary N) is 2.